The molecule has 0 aliphatic carbocycles. The minimum Gasteiger partial charge on any atom is -0.327 e. The average molecular weight is 476 g/mol. The van der Waals surface area contributed by atoms with Crippen LogP contribution in [0.1, 0.15) is 23.2 Å². The molecule has 9 nitrogen and oxygen atoms in total. The number of nitro groups is 1. The van der Waals surface area contributed by atoms with Crippen molar-refractivity contribution in [1.29, 1.82) is 0 Å². The van der Waals surface area contributed by atoms with Gasteiger partial charge in [-0.05, 0) is 43.2 Å². The van der Waals surface area contributed by atoms with Crippen LogP contribution in [0.5, 0.6) is 0 Å². The topological polar surface area (TPSA) is 118 Å². The predicted octanol–water partition coefficient (Wildman–Crippen LogP) is 4.15. The number of amides is 2. The van der Waals surface area contributed by atoms with Crippen LogP contribution in [-0.4, -0.2) is 44.4 Å². The molecule has 1 atom stereocenters. The Kier molecular flexibility index (Phi) is 6.10. The van der Waals surface area contributed by atoms with Gasteiger partial charge in [-0.25, -0.2) is 4.39 Å². The lowest BCUT2D eigenvalue weighted by molar-refractivity contribution is -0.384. The number of aromatic nitrogens is 2. The third kappa shape index (κ3) is 4.43. The lowest BCUT2D eigenvalue weighted by atomic mass is 10.1. The van der Waals surface area contributed by atoms with E-state index in [0.29, 0.717) is 30.0 Å². The van der Waals surface area contributed by atoms with Gasteiger partial charge >= 0.3 is 0 Å². The van der Waals surface area contributed by atoms with Crippen molar-refractivity contribution < 1.29 is 18.9 Å². The van der Waals surface area contributed by atoms with Crippen molar-refractivity contribution in [1.82, 2.24) is 15.1 Å². The van der Waals surface area contributed by atoms with E-state index in [0.717, 1.165) is 17.4 Å². The van der Waals surface area contributed by atoms with Crippen LogP contribution in [0.4, 0.5) is 15.2 Å². The molecule has 2 aromatic carbocycles. The molecule has 0 radical (unpaired) electrons. The fourth-order valence-electron chi connectivity index (χ4n) is 3.40. The summed E-state index contributed by atoms with van der Waals surface area (Å²) in [7, 11) is 0. The standard InChI is InChI=1S/C20H15ClFN5O4S/c21-15-10-13(27(30)31)7-8-14(15)19(29)26-9-1-2-16(26)17(28)23-20-25-24-18(32-20)11-3-5-12(22)6-4-11/h3-8,10,16H,1-2,9H2,(H,23,25,28). The van der Waals surface area contributed by atoms with Gasteiger partial charge in [0.25, 0.3) is 11.6 Å². The molecule has 12 heteroatoms. The van der Waals surface area contributed by atoms with Gasteiger partial charge in [0.05, 0.1) is 15.5 Å². The van der Waals surface area contributed by atoms with Gasteiger partial charge in [0.15, 0.2) is 0 Å². The number of benzene rings is 2. The maximum atomic E-state index is 13.1. The molecule has 32 heavy (non-hydrogen) atoms. The molecule has 2 amide bonds. The van der Waals surface area contributed by atoms with Gasteiger partial charge in [0.2, 0.25) is 11.0 Å². The zero-order valence-electron chi connectivity index (χ0n) is 16.3. The first-order valence-corrected chi connectivity index (χ1v) is 10.7. The molecular weight excluding hydrogens is 461 g/mol. The van der Waals surface area contributed by atoms with Crippen molar-refractivity contribution in [2.24, 2.45) is 0 Å². The lowest BCUT2D eigenvalue weighted by Gasteiger charge is -2.23. The molecule has 3 aromatic rings. The number of hydrogen-bond donors (Lipinski definition) is 1. The molecule has 1 unspecified atom stereocenters. The average Bonchev–Trinajstić information content (AvgIpc) is 3.43. The van der Waals surface area contributed by atoms with Crippen LogP contribution in [0.25, 0.3) is 10.6 Å². The van der Waals surface area contributed by atoms with E-state index in [2.05, 4.69) is 15.5 Å². The van der Waals surface area contributed by atoms with Crippen molar-refractivity contribution in [2.75, 3.05) is 11.9 Å². The molecule has 1 aliphatic heterocycles. The van der Waals surface area contributed by atoms with E-state index in [-0.39, 0.29) is 27.2 Å². The van der Waals surface area contributed by atoms with E-state index >= 15 is 0 Å². The SMILES string of the molecule is O=C(Nc1nnc(-c2ccc(F)cc2)s1)C1CCCN1C(=O)c1ccc([N+](=O)[O-])cc1Cl. The fourth-order valence-corrected chi connectivity index (χ4v) is 4.41. The molecular formula is C20H15ClFN5O4S. The zero-order chi connectivity index (χ0) is 22.8. The van der Waals surface area contributed by atoms with Crippen molar-refractivity contribution >= 4 is 45.6 Å². The first-order chi connectivity index (χ1) is 15.3. The summed E-state index contributed by atoms with van der Waals surface area (Å²) in [6, 6.07) is 8.59. The summed E-state index contributed by atoms with van der Waals surface area (Å²) >= 11 is 7.21. The molecule has 1 aliphatic rings. The van der Waals surface area contributed by atoms with Crippen molar-refractivity contribution in [3.63, 3.8) is 0 Å². The fraction of sp³-hybridized carbons (Fsp3) is 0.200. The van der Waals surface area contributed by atoms with Gasteiger partial charge in [0.1, 0.15) is 16.9 Å². The summed E-state index contributed by atoms with van der Waals surface area (Å²) in [6.45, 7) is 0.348. The van der Waals surface area contributed by atoms with E-state index in [4.69, 9.17) is 11.6 Å². The number of non-ortho nitro benzene ring substituents is 1. The predicted molar refractivity (Wildman–Crippen MR) is 116 cm³/mol. The van der Waals surface area contributed by atoms with Crippen LogP contribution < -0.4 is 5.32 Å². The second kappa shape index (κ2) is 8.97. The second-order valence-electron chi connectivity index (χ2n) is 6.99. The summed E-state index contributed by atoms with van der Waals surface area (Å²) in [6.07, 6.45) is 1.07. The Labute approximate surface area is 190 Å². The highest BCUT2D eigenvalue weighted by Crippen LogP contribution is 2.29. The minimum atomic E-state index is -0.744. The Hall–Kier alpha value is -3.44. The maximum Gasteiger partial charge on any atom is 0.270 e. The summed E-state index contributed by atoms with van der Waals surface area (Å²) < 4.78 is 13.1. The number of rotatable bonds is 5. The molecule has 0 saturated carbocycles. The van der Waals surface area contributed by atoms with Crippen LogP contribution in [0.3, 0.4) is 0 Å². The number of nitrogens with zero attached hydrogens (tertiary/aromatic N) is 4. The number of carbonyl (C=O) groups is 2. The van der Waals surface area contributed by atoms with E-state index in [1.165, 1.54) is 29.2 Å². The first-order valence-electron chi connectivity index (χ1n) is 9.48. The monoisotopic (exact) mass is 475 g/mol. The van der Waals surface area contributed by atoms with Crippen molar-refractivity contribution in [3.8, 4) is 10.6 Å². The van der Waals surface area contributed by atoms with Crippen molar-refractivity contribution in [2.45, 2.75) is 18.9 Å². The van der Waals surface area contributed by atoms with Gasteiger partial charge in [-0.15, -0.1) is 10.2 Å². The van der Waals surface area contributed by atoms with Gasteiger partial charge in [-0.3, -0.25) is 25.0 Å². The van der Waals surface area contributed by atoms with E-state index < -0.39 is 22.8 Å². The number of hydrogen-bond acceptors (Lipinski definition) is 7. The Morgan fingerprint density at radius 2 is 1.97 bits per heavy atom. The first kappa shape index (κ1) is 21.8. The molecule has 2 heterocycles. The molecule has 1 fully saturated rings. The summed E-state index contributed by atoms with van der Waals surface area (Å²) in [5.74, 6) is -1.27. The summed E-state index contributed by atoms with van der Waals surface area (Å²) in [5.41, 5.74) is 0.525. The van der Waals surface area contributed by atoms with Crippen LogP contribution in [0, 0.1) is 15.9 Å². The molecule has 4 rings (SSSR count). The smallest absolute Gasteiger partial charge is 0.270 e. The minimum absolute atomic E-state index is 0.0525. The number of carbonyl (C=O) groups excluding carboxylic acids is 2. The third-order valence-electron chi connectivity index (χ3n) is 4.96. The van der Waals surface area contributed by atoms with Crippen molar-refractivity contribution in [3.05, 3.63) is 69.0 Å². The van der Waals surface area contributed by atoms with Crippen LogP contribution >= 0.6 is 22.9 Å². The van der Waals surface area contributed by atoms with E-state index in [1.54, 1.807) is 12.1 Å². The third-order valence-corrected chi connectivity index (χ3v) is 6.16. The van der Waals surface area contributed by atoms with Crippen LogP contribution in [0.2, 0.25) is 5.02 Å². The molecule has 1 saturated heterocycles. The molecule has 0 spiro atoms. The normalized spacial score (nSPS) is 15.6. The summed E-state index contributed by atoms with van der Waals surface area (Å²) in [4.78, 5) is 37.5. The Morgan fingerprint density at radius 1 is 1.22 bits per heavy atom. The highest BCUT2D eigenvalue weighted by Gasteiger charge is 2.36. The Balaban J connectivity index is 1.48. The molecule has 164 valence electrons. The second-order valence-corrected chi connectivity index (χ2v) is 8.37. The number of nitrogens with one attached hydrogen (secondary N) is 1. The molecule has 1 N–H and O–H groups in total. The Morgan fingerprint density at radius 3 is 2.66 bits per heavy atom. The number of nitro benzene ring substituents is 1. The highest BCUT2D eigenvalue weighted by atomic mass is 35.5. The largest absolute Gasteiger partial charge is 0.327 e. The van der Waals surface area contributed by atoms with Crippen LogP contribution in [-0.2, 0) is 4.79 Å². The molecule has 1 aromatic heterocycles. The quantitative estimate of drug-likeness (QED) is 0.437. The van der Waals surface area contributed by atoms with Gasteiger partial charge in [-0.2, -0.15) is 0 Å². The molecule has 0 bridgehead atoms. The van der Waals surface area contributed by atoms with E-state index in [9.17, 15) is 24.1 Å². The lowest BCUT2D eigenvalue weighted by Crippen LogP contribution is -2.43. The number of anilines is 1. The van der Waals surface area contributed by atoms with E-state index in [1.807, 2.05) is 0 Å². The van der Waals surface area contributed by atoms with Crippen LogP contribution in [0.15, 0.2) is 42.5 Å². The number of likely N-dealkylation sites (tertiary alicyclic amines) is 1. The Bertz CT molecular complexity index is 1200. The van der Waals surface area contributed by atoms with Gasteiger partial charge in [-0.1, -0.05) is 22.9 Å². The summed E-state index contributed by atoms with van der Waals surface area (Å²) in [5, 5.41) is 22.2. The van der Waals surface area contributed by atoms with Gasteiger partial charge in [0, 0.05) is 24.2 Å². The highest BCUT2D eigenvalue weighted by molar-refractivity contribution is 7.18. The zero-order valence-corrected chi connectivity index (χ0v) is 17.9. The maximum absolute atomic E-state index is 13.1. The van der Waals surface area contributed by atoms with Gasteiger partial charge < -0.3 is 4.90 Å². The number of halogens is 2.